The molecule has 0 unspecified atom stereocenters. The molecule has 29 heavy (non-hydrogen) atoms. The molecule has 0 atom stereocenters. The molecular weight excluding hydrogens is 442 g/mol. The molecule has 2 aromatic carbocycles. The Morgan fingerprint density at radius 1 is 1.24 bits per heavy atom. The Bertz CT molecular complexity index is 884. The van der Waals surface area contributed by atoms with Crippen molar-refractivity contribution in [3.63, 3.8) is 0 Å². The number of phenols is 1. The van der Waals surface area contributed by atoms with Crippen LogP contribution in [-0.4, -0.2) is 43.4 Å². The minimum absolute atomic E-state index is 0.000590. The summed E-state index contributed by atoms with van der Waals surface area (Å²) in [6, 6.07) is 9.91. The van der Waals surface area contributed by atoms with Crippen molar-refractivity contribution in [2.45, 2.75) is 13.3 Å². The van der Waals surface area contributed by atoms with Gasteiger partial charge in [0.25, 0.3) is 5.91 Å². The van der Waals surface area contributed by atoms with Gasteiger partial charge in [0.2, 0.25) is 5.91 Å². The maximum absolute atomic E-state index is 12.0. The molecule has 154 valence electrons. The second-order valence-corrected chi connectivity index (χ2v) is 6.66. The van der Waals surface area contributed by atoms with Gasteiger partial charge in [-0.3, -0.25) is 9.59 Å². The van der Waals surface area contributed by atoms with Gasteiger partial charge >= 0.3 is 0 Å². The number of ether oxygens (including phenoxy) is 2. The summed E-state index contributed by atoms with van der Waals surface area (Å²) in [7, 11) is 1.55. The zero-order valence-electron chi connectivity index (χ0n) is 16.1. The van der Waals surface area contributed by atoms with Gasteiger partial charge in [0.15, 0.2) is 11.5 Å². The Labute approximate surface area is 177 Å². The summed E-state index contributed by atoms with van der Waals surface area (Å²) < 4.78 is 10.8. The average Bonchev–Trinajstić information content (AvgIpc) is 2.71. The minimum atomic E-state index is -0.348. The van der Waals surface area contributed by atoms with Crippen LogP contribution in [0, 0.1) is 0 Å². The second-order valence-electron chi connectivity index (χ2n) is 5.81. The number of hydrogen-bond acceptors (Lipinski definition) is 6. The van der Waals surface area contributed by atoms with Crippen LogP contribution in [0.3, 0.4) is 0 Å². The number of hydrazone groups is 1. The fraction of sp³-hybridized carbons (Fsp3) is 0.250. The molecule has 0 aliphatic carbocycles. The first-order valence-corrected chi connectivity index (χ1v) is 9.63. The highest BCUT2D eigenvalue weighted by Gasteiger charge is 2.09. The van der Waals surface area contributed by atoms with Crippen LogP contribution in [0.4, 0.5) is 0 Å². The lowest BCUT2D eigenvalue weighted by Crippen LogP contribution is -2.29. The number of carbonyl (C=O) groups is 2. The van der Waals surface area contributed by atoms with Crippen molar-refractivity contribution >= 4 is 34.0 Å². The molecule has 0 heterocycles. The van der Waals surface area contributed by atoms with E-state index in [4.69, 9.17) is 9.47 Å². The smallest absolute Gasteiger partial charge is 0.251 e. The summed E-state index contributed by atoms with van der Waals surface area (Å²) in [5.41, 5.74) is 3.50. The number of hydrogen-bond donors (Lipinski definition) is 3. The molecular formula is C20H22BrN3O5. The summed E-state index contributed by atoms with van der Waals surface area (Å²) >= 11 is 3.24. The van der Waals surface area contributed by atoms with Gasteiger partial charge < -0.3 is 19.9 Å². The van der Waals surface area contributed by atoms with Crippen molar-refractivity contribution in [1.82, 2.24) is 10.7 Å². The van der Waals surface area contributed by atoms with E-state index in [0.29, 0.717) is 33.7 Å². The molecule has 9 heteroatoms. The Hall–Kier alpha value is -3.07. The molecule has 0 aromatic heterocycles. The van der Waals surface area contributed by atoms with E-state index >= 15 is 0 Å². The lowest BCUT2D eigenvalue weighted by atomic mass is 10.2. The molecule has 0 fully saturated rings. The van der Waals surface area contributed by atoms with Crippen LogP contribution in [0.15, 0.2) is 46.0 Å². The van der Waals surface area contributed by atoms with Crippen molar-refractivity contribution in [1.29, 1.82) is 0 Å². The molecule has 2 aromatic rings. The standard InChI is InChI=1S/C20H22BrN3O5/c1-3-29-17-11-13(10-16(21)19(17)26)12-23-24-18(25)8-9-22-20(27)14-4-6-15(28-2)7-5-14/h4-7,10-12,26H,3,8-9H2,1-2H3,(H,22,27)(H,24,25). The minimum Gasteiger partial charge on any atom is -0.503 e. The van der Waals surface area contributed by atoms with Crippen molar-refractivity contribution < 1.29 is 24.2 Å². The third kappa shape index (κ3) is 6.79. The monoisotopic (exact) mass is 463 g/mol. The first-order valence-electron chi connectivity index (χ1n) is 8.84. The largest absolute Gasteiger partial charge is 0.503 e. The molecule has 0 radical (unpaired) electrons. The van der Waals surface area contributed by atoms with Gasteiger partial charge in [-0.25, -0.2) is 5.43 Å². The maximum Gasteiger partial charge on any atom is 0.251 e. The Morgan fingerprint density at radius 2 is 1.97 bits per heavy atom. The number of aromatic hydroxyl groups is 1. The van der Waals surface area contributed by atoms with E-state index < -0.39 is 0 Å². The number of carbonyl (C=O) groups excluding carboxylic acids is 2. The van der Waals surface area contributed by atoms with Crippen molar-refractivity contribution in [3.8, 4) is 17.2 Å². The van der Waals surface area contributed by atoms with Crippen LogP contribution in [0.1, 0.15) is 29.3 Å². The van der Waals surface area contributed by atoms with Gasteiger partial charge in [-0.15, -0.1) is 0 Å². The van der Waals surface area contributed by atoms with Gasteiger partial charge in [-0.05, 0) is 64.8 Å². The quantitative estimate of drug-likeness (QED) is 0.391. The number of benzene rings is 2. The zero-order chi connectivity index (χ0) is 21.2. The highest BCUT2D eigenvalue weighted by molar-refractivity contribution is 9.10. The van der Waals surface area contributed by atoms with E-state index in [-0.39, 0.29) is 30.5 Å². The summed E-state index contributed by atoms with van der Waals surface area (Å²) in [5, 5.41) is 16.4. The highest BCUT2D eigenvalue weighted by Crippen LogP contribution is 2.35. The van der Waals surface area contributed by atoms with E-state index in [1.165, 1.54) is 6.21 Å². The molecule has 0 aliphatic rings. The van der Waals surface area contributed by atoms with E-state index in [0.717, 1.165) is 0 Å². The van der Waals surface area contributed by atoms with Crippen LogP contribution in [0.25, 0.3) is 0 Å². The SMILES string of the molecule is CCOc1cc(C=NNC(=O)CCNC(=O)c2ccc(OC)cc2)cc(Br)c1O. The summed E-state index contributed by atoms with van der Waals surface area (Å²) in [4.78, 5) is 23.9. The van der Waals surface area contributed by atoms with Gasteiger partial charge in [0.1, 0.15) is 5.75 Å². The van der Waals surface area contributed by atoms with Gasteiger partial charge in [0.05, 0.1) is 24.4 Å². The van der Waals surface area contributed by atoms with E-state index in [1.807, 2.05) is 6.92 Å². The van der Waals surface area contributed by atoms with E-state index in [2.05, 4.69) is 31.8 Å². The van der Waals surface area contributed by atoms with Crippen molar-refractivity contribution in [3.05, 3.63) is 52.0 Å². The van der Waals surface area contributed by atoms with E-state index in [1.54, 1.807) is 43.5 Å². The molecule has 0 saturated heterocycles. The first-order chi connectivity index (χ1) is 13.9. The summed E-state index contributed by atoms with van der Waals surface area (Å²) in [5.74, 6) is 0.352. The van der Waals surface area contributed by atoms with E-state index in [9.17, 15) is 14.7 Å². The zero-order valence-corrected chi connectivity index (χ0v) is 17.7. The molecule has 2 amide bonds. The Kier molecular flexibility index (Phi) is 8.47. The number of halogens is 1. The average molecular weight is 464 g/mol. The Balaban J connectivity index is 1.80. The fourth-order valence-corrected chi connectivity index (χ4v) is 2.76. The van der Waals surface area contributed by atoms with Gasteiger partial charge in [-0.1, -0.05) is 0 Å². The van der Waals surface area contributed by atoms with Gasteiger partial charge in [-0.2, -0.15) is 5.10 Å². The maximum atomic E-state index is 12.0. The van der Waals surface area contributed by atoms with Crippen LogP contribution >= 0.6 is 15.9 Å². The first kappa shape index (κ1) is 22.2. The number of methoxy groups -OCH3 is 1. The molecule has 0 aliphatic heterocycles. The molecule has 0 bridgehead atoms. The predicted octanol–water partition coefficient (Wildman–Crippen LogP) is 2.83. The normalized spacial score (nSPS) is 10.6. The van der Waals surface area contributed by atoms with Crippen LogP contribution < -0.4 is 20.2 Å². The molecule has 0 spiro atoms. The summed E-state index contributed by atoms with van der Waals surface area (Å²) in [6.07, 6.45) is 1.50. The fourth-order valence-electron chi connectivity index (χ4n) is 2.30. The Morgan fingerprint density at radius 3 is 2.62 bits per heavy atom. The third-order valence-electron chi connectivity index (χ3n) is 3.74. The molecule has 8 nitrogen and oxygen atoms in total. The van der Waals surface area contributed by atoms with Crippen LogP contribution in [-0.2, 0) is 4.79 Å². The lowest BCUT2D eigenvalue weighted by molar-refractivity contribution is -0.120. The lowest BCUT2D eigenvalue weighted by Gasteiger charge is -2.08. The molecule has 2 rings (SSSR count). The number of phenolic OH excluding ortho intramolecular Hbond substituents is 1. The molecule has 3 N–H and O–H groups in total. The number of rotatable bonds is 9. The van der Waals surface area contributed by atoms with Crippen molar-refractivity contribution in [2.75, 3.05) is 20.3 Å². The number of amides is 2. The molecule has 0 saturated carbocycles. The second kappa shape index (κ2) is 11.1. The van der Waals surface area contributed by atoms with Gasteiger partial charge in [0, 0.05) is 18.5 Å². The van der Waals surface area contributed by atoms with Crippen LogP contribution in [0.5, 0.6) is 17.2 Å². The topological polar surface area (TPSA) is 109 Å². The highest BCUT2D eigenvalue weighted by atomic mass is 79.9. The number of nitrogens with one attached hydrogen (secondary N) is 2. The predicted molar refractivity (Wildman–Crippen MR) is 113 cm³/mol. The van der Waals surface area contributed by atoms with Crippen LogP contribution in [0.2, 0.25) is 0 Å². The summed E-state index contributed by atoms with van der Waals surface area (Å²) in [6.45, 7) is 2.38. The third-order valence-corrected chi connectivity index (χ3v) is 4.35. The number of nitrogens with zero attached hydrogens (tertiary/aromatic N) is 1. The van der Waals surface area contributed by atoms with Crippen molar-refractivity contribution in [2.24, 2.45) is 5.10 Å².